The Morgan fingerprint density at radius 2 is 1.63 bits per heavy atom. The smallest absolute Gasteiger partial charge is 0.407 e. The van der Waals surface area contributed by atoms with Crippen molar-refractivity contribution in [2.75, 3.05) is 6.54 Å². The van der Waals surface area contributed by atoms with Crippen molar-refractivity contribution in [3.8, 4) is 0 Å². The molecular weight excluding hydrogens is 508 g/mol. The largest absolute Gasteiger partial charge is 0.456 e. The van der Waals surface area contributed by atoms with Gasteiger partial charge in [0.15, 0.2) is 24.6 Å². The van der Waals surface area contributed by atoms with E-state index in [-0.39, 0.29) is 19.7 Å². The third kappa shape index (κ3) is 10.2. The molecule has 38 heavy (non-hydrogen) atoms. The highest BCUT2D eigenvalue weighted by Crippen LogP contribution is 2.29. The van der Waals surface area contributed by atoms with Gasteiger partial charge in [0.25, 0.3) is 0 Å². The summed E-state index contributed by atoms with van der Waals surface area (Å²) in [5.41, 5.74) is -0.315. The molecule has 0 radical (unpaired) electrons. The number of hydrogen-bond donors (Lipinski definition) is 2. The lowest BCUT2D eigenvalue weighted by molar-refractivity contribution is -0.303. The molecular formula is C23H36N4O11. The first kappa shape index (κ1) is 30.9. The van der Waals surface area contributed by atoms with Crippen LogP contribution in [0.5, 0.6) is 0 Å². The summed E-state index contributed by atoms with van der Waals surface area (Å²) in [6.45, 7) is 10.1. The average Bonchev–Trinajstić information content (AvgIpc) is 3.20. The van der Waals surface area contributed by atoms with Crippen LogP contribution in [0.2, 0.25) is 0 Å². The van der Waals surface area contributed by atoms with Gasteiger partial charge in [-0.2, -0.15) is 0 Å². The van der Waals surface area contributed by atoms with Gasteiger partial charge in [-0.3, -0.25) is 14.4 Å². The van der Waals surface area contributed by atoms with E-state index in [1.165, 1.54) is 24.7 Å². The van der Waals surface area contributed by atoms with E-state index >= 15 is 0 Å². The molecule has 1 amide bonds. The Morgan fingerprint density at radius 3 is 2.21 bits per heavy atom. The van der Waals surface area contributed by atoms with Crippen molar-refractivity contribution in [1.82, 2.24) is 20.3 Å². The molecule has 0 bridgehead atoms. The van der Waals surface area contributed by atoms with Crippen molar-refractivity contribution in [2.24, 2.45) is 0 Å². The lowest BCUT2D eigenvalue weighted by Crippen LogP contribution is -2.61. The summed E-state index contributed by atoms with van der Waals surface area (Å²) >= 11 is 0. The number of amides is 1. The van der Waals surface area contributed by atoms with Gasteiger partial charge >= 0.3 is 24.0 Å². The SMILES string of the molecule is CC(=O)O[C@H]1[C@H](OC(C)=O)[C@H](OCc2cn(CC(O)CNC(=O)OC(C)(C)C)nn2)O[C@@H](C)[C@H]1OC(C)=O. The van der Waals surface area contributed by atoms with Crippen LogP contribution in [0.3, 0.4) is 0 Å². The van der Waals surface area contributed by atoms with Gasteiger partial charge in [0.2, 0.25) is 0 Å². The number of aromatic nitrogens is 3. The molecule has 1 fully saturated rings. The third-order valence-electron chi connectivity index (χ3n) is 4.89. The number of esters is 3. The zero-order valence-corrected chi connectivity index (χ0v) is 22.5. The Balaban J connectivity index is 2.02. The Hall–Kier alpha value is -3.30. The molecule has 2 heterocycles. The normalized spacial score (nSPS) is 24.2. The van der Waals surface area contributed by atoms with Crippen LogP contribution < -0.4 is 5.32 Å². The minimum atomic E-state index is -1.24. The van der Waals surface area contributed by atoms with Crippen LogP contribution in [-0.4, -0.2) is 93.1 Å². The molecule has 1 aliphatic rings. The van der Waals surface area contributed by atoms with Gasteiger partial charge < -0.3 is 38.8 Å². The predicted octanol–water partition coefficient (Wildman–Crippen LogP) is 0.220. The number of nitrogens with one attached hydrogen (secondary N) is 1. The van der Waals surface area contributed by atoms with Crippen LogP contribution in [0.4, 0.5) is 4.79 Å². The van der Waals surface area contributed by atoms with E-state index < -0.39 is 66.4 Å². The molecule has 6 atom stereocenters. The van der Waals surface area contributed by atoms with Crippen LogP contribution in [0.15, 0.2) is 6.20 Å². The quantitative estimate of drug-likeness (QED) is 0.301. The number of carbonyl (C=O) groups excluding carboxylic acids is 4. The highest BCUT2D eigenvalue weighted by atomic mass is 16.7. The van der Waals surface area contributed by atoms with Gasteiger partial charge in [-0.25, -0.2) is 9.48 Å². The highest BCUT2D eigenvalue weighted by Gasteiger charge is 2.51. The number of alkyl carbamates (subject to hydrolysis) is 1. The molecule has 1 aromatic heterocycles. The Morgan fingerprint density at radius 1 is 1.05 bits per heavy atom. The molecule has 0 spiro atoms. The maximum atomic E-state index is 11.8. The van der Waals surface area contributed by atoms with Gasteiger partial charge in [0.1, 0.15) is 11.3 Å². The number of aliphatic hydroxyl groups is 1. The summed E-state index contributed by atoms with van der Waals surface area (Å²) in [6.07, 6.45) is -5.56. The van der Waals surface area contributed by atoms with E-state index in [0.717, 1.165) is 6.92 Å². The van der Waals surface area contributed by atoms with Crippen LogP contribution in [0, 0.1) is 0 Å². The molecule has 2 N–H and O–H groups in total. The van der Waals surface area contributed by atoms with Crippen LogP contribution >= 0.6 is 0 Å². The summed E-state index contributed by atoms with van der Waals surface area (Å²) in [5.74, 6) is -2.01. The van der Waals surface area contributed by atoms with Gasteiger partial charge in [-0.1, -0.05) is 5.21 Å². The Labute approximate surface area is 220 Å². The molecule has 0 aromatic carbocycles. The number of hydrogen-bond acceptors (Lipinski definition) is 13. The van der Waals surface area contributed by atoms with Crippen LogP contribution in [0.25, 0.3) is 0 Å². The van der Waals surface area contributed by atoms with Gasteiger partial charge in [-0.05, 0) is 27.7 Å². The Kier molecular flexibility index (Phi) is 11.0. The average molecular weight is 545 g/mol. The van der Waals surface area contributed by atoms with Crippen LogP contribution in [-0.2, 0) is 56.0 Å². The van der Waals surface area contributed by atoms with Crippen molar-refractivity contribution < 1.29 is 52.7 Å². The van der Waals surface area contributed by atoms with Crippen molar-refractivity contribution in [2.45, 2.75) is 104 Å². The summed E-state index contributed by atoms with van der Waals surface area (Å²) in [7, 11) is 0. The molecule has 214 valence electrons. The topological polar surface area (TPSA) is 187 Å². The minimum absolute atomic E-state index is 0.0222. The fourth-order valence-electron chi connectivity index (χ4n) is 3.56. The van der Waals surface area contributed by atoms with E-state index in [1.807, 2.05) is 0 Å². The fraction of sp³-hybridized carbons (Fsp3) is 0.739. The maximum Gasteiger partial charge on any atom is 0.407 e. The summed E-state index contributed by atoms with van der Waals surface area (Å²) in [6, 6.07) is 0. The molecule has 1 unspecified atom stereocenters. The first-order chi connectivity index (χ1) is 17.6. The van der Waals surface area contributed by atoms with E-state index in [4.69, 9.17) is 28.4 Å². The molecule has 1 aromatic rings. The van der Waals surface area contributed by atoms with Crippen molar-refractivity contribution >= 4 is 24.0 Å². The summed E-state index contributed by atoms with van der Waals surface area (Å²) in [5, 5.41) is 20.6. The Bertz CT molecular complexity index is 977. The standard InChI is InChI=1S/C23H36N4O11/c1-12-18(35-13(2)28)19(36-14(3)29)20(37-15(4)30)21(34-12)33-11-16-9-27(26-25-16)10-17(31)8-24-22(32)38-23(5,6)7/h9,12,17-21,31H,8,10-11H2,1-7H3,(H,24,32)/t12-,17?,18+,19+,20-,21+/m0/s1. The monoisotopic (exact) mass is 544 g/mol. The molecule has 1 saturated heterocycles. The van der Waals surface area contributed by atoms with Crippen molar-refractivity contribution in [3.63, 3.8) is 0 Å². The fourth-order valence-corrected chi connectivity index (χ4v) is 3.56. The second-order valence-electron chi connectivity index (χ2n) is 9.71. The van der Waals surface area contributed by atoms with Crippen molar-refractivity contribution in [1.29, 1.82) is 0 Å². The van der Waals surface area contributed by atoms with E-state index in [9.17, 15) is 24.3 Å². The molecule has 2 rings (SSSR count). The lowest BCUT2D eigenvalue weighted by Gasteiger charge is -2.43. The van der Waals surface area contributed by atoms with Crippen LogP contribution in [0.1, 0.15) is 54.2 Å². The second kappa shape index (κ2) is 13.5. The molecule has 15 nitrogen and oxygen atoms in total. The first-order valence-corrected chi connectivity index (χ1v) is 12.0. The number of carbonyl (C=O) groups is 4. The molecule has 0 aliphatic carbocycles. The summed E-state index contributed by atoms with van der Waals surface area (Å²) in [4.78, 5) is 46.9. The number of ether oxygens (including phenoxy) is 6. The number of nitrogens with zero attached hydrogens (tertiary/aromatic N) is 3. The molecule has 0 saturated carbocycles. The van der Waals surface area contributed by atoms with Gasteiger partial charge in [-0.15, -0.1) is 5.10 Å². The third-order valence-corrected chi connectivity index (χ3v) is 4.89. The zero-order chi connectivity index (χ0) is 28.6. The van der Waals surface area contributed by atoms with Crippen molar-refractivity contribution in [3.05, 3.63) is 11.9 Å². The van der Waals surface area contributed by atoms with Gasteiger partial charge in [0, 0.05) is 27.3 Å². The maximum absolute atomic E-state index is 11.8. The van der Waals surface area contributed by atoms with Gasteiger partial charge in [0.05, 0.1) is 31.6 Å². The molecule has 1 aliphatic heterocycles. The lowest BCUT2D eigenvalue weighted by atomic mass is 9.99. The highest BCUT2D eigenvalue weighted by molar-refractivity contribution is 5.68. The zero-order valence-electron chi connectivity index (χ0n) is 22.5. The second-order valence-corrected chi connectivity index (χ2v) is 9.71. The predicted molar refractivity (Wildman–Crippen MR) is 126 cm³/mol. The van der Waals surface area contributed by atoms with E-state index in [0.29, 0.717) is 5.69 Å². The number of rotatable bonds is 10. The van der Waals surface area contributed by atoms with E-state index in [2.05, 4.69) is 15.6 Å². The summed E-state index contributed by atoms with van der Waals surface area (Å²) < 4.78 is 34.0. The number of aliphatic hydroxyl groups excluding tert-OH is 1. The first-order valence-electron chi connectivity index (χ1n) is 12.0. The van der Waals surface area contributed by atoms with E-state index in [1.54, 1.807) is 27.7 Å². The molecule has 15 heteroatoms. The minimum Gasteiger partial charge on any atom is -0.456 e.